The lowest BCUT2D eigenvalue weighted by Crippen LogP contribution is -2.30. The van der Waals surface area contributed by atoms with Crippen molar-refractivity contribution in [3.63, 3.8) is 0 Å². The minimum atomic E-state index is -0.117. The number of rotatable bonds is 5. The van der Waals surface area contributed by atoms with Crippen molar-refractivity contribution in [2.24, 2.45) is 5.73 Å². The molecule has 1 atom stereocenters. The summed E-state index contributed by atoms with van der Waals surface area (Å²) < 4.78 is 2.49. The van der Waals surface area contributed by atoms with Gasteiger partial charge in [0, 0.05) is 11.0 Å². The van der Waals surface area contributed by atoms with Gasteiger partial charge in [-0.3, -0.25) is 4.79 Å². The molecule has 0 unspecified atom stereocenters. The van der Waals surface area contributed by atoms with Crippen LogP contribution in [0.1, 0.15) is 24.2 Å². The molecule has 1 aromatic heterocycles. The Morgan fingerprint density at radius 3 is 2.75 bits per heavy atom. The molecule has 2 aromatic rings. The molecule has 0 spiro atoms. The molecule has 1 amide bonds. The Bertz CT molecular complexity index is 581. The molecule has 6 nitrogen and oxygen atoms in total. The predicted octanol–water partition coefficient (Wildman–Crippen LogP) is 1.38. The number of carbonyl (C=O) groups excluding carboxylic acids is 1. The molecule has 2 rings (SSSR count). The van der Waals surface area contributed by atoms with Gasteiger partial charge in [0.05, 0.1) is 17.9 Å². The number of nitrogens with one attached hydrogen (secondary N) is 1. The van der Waals surface area contributed by atoms with Crippen LogP contribution in [0.5, 0.6) is 0 Å². The van der Waals surface area contributed by atoms with Crippen molar-refractivity contribution < 1.29 is 4.79 Å². The Morgan fingerprint density at radius 1 is 1.45 bits per heavy atom. The van der Waals surface area contributed by atoms with Crippen LogP contribution in [0.2, 0.25) is 0 Å². The van der Waals surface area contributed by atoms with Crippen LogP contribution in [0.15, 0.2) is 34.9 Å². The van der Waals surface area contributed by atoms with Crippen LogP contribution in [0, 0.1) is 0 Å². The van der Waals surface area contributed by atoms with Gasteiger partial charge in [0.1, 0.15) is 6.54 Å². The maximum Gasteiger partial charge on any atom is 0.242 e. The standard InChI is InChI=1S/C13H16BrN5O/c1-9(10-2-4-11(14)5-3-10)16-13(20)8-19-7-12(6-15)17-18-19/h2-5,7,9H,6,8,15H2,1H3,(H,16,20)/t9-/m0/s1. The van der Waals surface area contributed by atoms with Gasteiger partial charge >= 0.3 is 0 Å². The Balaban J connectivity index is 1.92. The molecule has 1 heterocycles. The van der Waals surface area contributed by atoms with Gasteiger partial charge < -0.3 is 11.1 Å². The molecule has 0 aliphatic carbocycles. The predicted molar refractivity (Wildman–Crippen MR) is 78.6 cm³/mol. The molecule has 0 saturated carbocycles. The highest BCUT2D eigenvalue weighted by atomic mass is 79.9. The van der Waals surface area contributed by atoms with Crippen molar-refractivity contribution in [3.05, 3.63) is 46.2 Å². The third-order valence-corrected chi connectivity index (χ3v) is 3.38. The molecule has 20 heavy (non-hydrogen) atoms. The van der Waals surface area contributed by atoms with Gasteiger partial charge in [0.25, 0.3) is 0 Å². The summed E-state index contributed by atoms with van der Waals surface area (Å²) in [6.07, 6.45) is 1.67. The second kappa shape index (κ2) is 6.62. The molecular formula is C13H16BrN5O. The summed E-state index contributed by atoms with van der Waals surface area (Å²) in [5.74, 6) is -0.117. The second-order valence-electron chi connectivity index (χ2n) is 4.45. The Kier molecular flexibility index (Phi) is 4.86. The minimum Gasteiger partial charge on any atom is -0.348 e. The maximum atomic E-state index is 11.9. The van der Waals surface area contributed by atoms with Crippen molar-refractivity contribution >= 4 is 21.8 Å². The first-order valence-corrected chi connectivity index (χ1v) is 7.01. The lowest BCUT2D eigenvalue weighted by atomic mass is 10.1. The molecule has 0 aliphatic rings. The quantitative estimate of drug-likeness (QED) is 0.862. The van der Waals surface area contributed by atoms with Gasteiger partial charge in [-0.2, -0.15) is 0 Å². The molecule has 7 heteroatoms. The van der Waals surface area contributed by atoms with Crippen molar-refractivity contribution in [2.75, 3.05) is 0 Å². The second-order valence-corrected chi connectivity index (χ2v) is 5.37. The van der Waals surface area contributed by atoms with Crippen LogP contribution in [0.25, 0.3) is 0 Å². The summed E-state index contributed by atoms with van der Waals surface area (Å²) in [6, 6.07) is 7.77. The van der Waals surface area contributed by atoms with E-state index in [2.05, 4.69) is 31.6 Å². The highest BCUT2D eigenvalue weighted by molar-refractivity contribution is 9.10. The first-order chi connectivity index (χ1) is 9.58. The fourth-order valence-electron chi connectivity index (χ4n) is 1.78. The molecular weight excluding hydrogens is 322 g/mol. The van der Waals surface area contributed by atoms with E-state index in [1.54, 1.807) is 6.20 Å². The number of hydrogen-bond donors (Lipinski definition) is 2. The van der Waals surface area contributed by atoms with E-state index >= 15 is 0 Å². The Hall–Kier alpha value is -1.73. The normalized spacial score (nSPS) is 12.2. The highest BCUT2D eigenvalue weighted by Crippen LogP contribution is 2.16. The van der Waals surface area contributed by atoms with E-state index in [4.69, 9.17) is 5.73 Å². The lowest BCUT2D eigenvalue weighted by molar-refractivity contribution is -0.122. The SMILES string of the molecule is C[C@H](NC(=O)Cn1cc(CN)nn1)c1ccc(Br)cc1. The van der Waals surface area contributed by atoms with E-state index in [1.807, 2.05) is 31.2 Å². The van der Waals surface area contributed by atoms with Crippen LogP contribution in [0.4, 0.5) is 0 Å². The van der Waals surface area contributed by atoms with Gasteiger partial charge in [-0.15, -0.1) is 5.10 Å². The largest absolute Gasteiger partial charge is 0.348 e. The van der Waals surface area contributed by atoms with Crippen molar-refractivity contribution in [1.82, 2.24) is 20.3 Å². The topological polar surface area (TPSA) is 85.8 Å². The van der Waals surface area contributed by atoms with Gasteiger partial charge in [0.2, 0.25) is 5.91 Å². The number of amides is 1. The number of benzene rings is 1. The summed E-state index contributed by atoms with van der Waals surface area (Å²) >= 11 is 3.38. The number of halogens is 1. The van der Waals surface area contributed by atoms with Crippen molar-refractivity contribution in [3.8, 4) is 0 Å². The van der Waals surface area contributed by atoms with Gasteiger partial charge in [-0.25, -0.2) is 4.68 Å². The highest BCUT2D eigenvalue weighted by Gasteiger charge is 2.10. The maximum absolute atomic E-state index is 11.9. The zero-order chi connectivity index (χ0) is 14.5. The van der Waals surface area contributed by atoms with E-state index in [1.165, 1.54) is 4.68 Å². The monoisotopic (exact) mass is 337 g/mol. The number of nitrogens with zero attached hydrogens (tertiary/aromatic N) is 3. The first kappa shape index (κ1) is 14.7. The van der Waals surface area contributed by atoms with E-state index in [9.17, 15) is 4.79 Å². The van der Waals surface area contributed by atoms with Gasteiger partial charge in [-0.1, -0.05) is 33.3 Å². The average Bonchev–Trinajstić information content (AvgIpc) is 2.86. The molecule has 0 radical (unpaired) electrons. The summed E-state index contributed by atoms with van der Waals surface area (Å²) in [7, 11) is 0. The fraction of sp³-hybridized carbons (Fsp3) is 0.308. The van der Waals surface area contributed by atoms with E-state index in [-0.39, 0.29) is 18.5 Å². The van der Waals surface area contributed by atoms with Crippen LogP contribution < -0.4 is 11.1 Å². The lowest BCUT2D eigenvalue weighted by Gasteiger charge is -2.14. The summed E-state index contributed by atoms with van der Waals surface area (Å²) in [5.41, 5.74) is 7.15. The first-order valence-electron chi connectivity index (χ1n) is 6.22. The van der Waals surface area contributed by atoms with Crippen molar-refractivity contribution in [1.29, 1.82) is 0 Å². The minimum absolute atomic E-state index is 0.0619. The Labute approximate surface area is 125 Å². The summed E-state index contributed by atoms with van der Waals surface area (Å²) in [5, 5.41) is 10.6. The van der Waals surface area contributed by atoms with Gasteiger partial charge in [0.15, 0.2) is 0 Å². The number of carbonyl (C=O) groups is 1. The molecule has 0 aliphatic heterocycles. The number of nitrogens with two attached hydrogens (primary N) is 1. The average molecular weight is 338 g/mol. The smallest absolute Gasteiger partial charge is 0.242 e. The molecule has 1 aromatic carbocycles. The van der Waals surface area contributed by atoms with Gasteiger partial charge in [-0.05, 0) is 24.6 Å². The third kappa shape index (κ3) is 3.88. The summed E-state index contributed by atoms with van der Waals surface area (Å²) in [4.78, 5) is 11.9. The number of aromatic nitrogens is 3. The Morgan fingerprint density at radius 2 is 2.15 bits per heavy atom. The summed E-state index contributed by atoms with van der Waals surface area (Å²) in [6.45, 7) is 2.39. The molecule has 3 N–H and O–H groups in total. The molecule has 0 bridgehead atoms. The van der Waals surface area contributed by atoms with E-state index < -0.39 is 0 Å². The molecule has 0 fully saturated rings. The van der Waals surface area contributed by atoms with E-state index in [0.29, 0.717) is 12.2 Å². The molecule has 0 saturated heterocycles. The zero-order valence-corrected chi connectivity index (χ0v) is 12.7. The van der Waals surface area contributed by atoms with Crippen molar-refractivity contribution in [2.45, 2.75) is 26.1 Å². The van der Waals surface area contributed by atoms with Crippen LogP contribution in [0.3, 0.4) is 0 Å². The fourth-order valence-corrected chi connectivity index (χ4v) is 2.04. The zero-order valence-electron chi connectivity index (χ0n) is 11.1. The van der Waals surface area contributed by atoms with Crippen LogP contribution >= 0.6 is 15.9 Å². The van der Waals surface area contributed by atoms with Crippen LogP contribution in [-0.4, -0.2) is 20.9 Å². The number of hydrogen-bond acceptors (Lipinski definition) is 4. The third-order valence-electron chi connectivity index (χ3n) is 2.85. The van der Waals surface area contributed by atoms with E-state index in [0.717, 1.165) is 10.0 Å². The van der Waals surface area contributed by atoms with Crippen LogP contribution in [-0.2, 0) is 17.9 Å². The molecule has 106 valence electrons.